The molecule has 1 aliphatic carbocycles. The topological polar surface area (TPSA) is 75.7 Å². The first kappa shape index (κ1) is 22.1. The molecular formula is C26H30N2O4. The number of amides is 3. The van der Waals surface area contributed by atoms with E-state index in [4.69, 9.17) is 4.74 Å². The van der Waals surface area contributed by atoms with E-state index in [1.54, 1.807) is 31.4 Å². The molecule has 1 saturated carbocycles. The Morgan fingerprint density at radius 2 is 1.75 bits per heavy atom. The van der Waals surface area contributed by atoms with Crippen LogP contribution in [0.25, 0.3) is 0 Å². The first-order valence-corrected chi connectivity index (χ1v) is 11.1. The van der Waals surface area contributed by atoms with E-state index in [2.05, 4.69) is 5.32 Å². The zero-order valence-electron chi connectivity index (χ0n) is 19.1. The fourth-order valence-electron chi connectivity index (χ4n) is 5.18. The van der Waals surface area contributed by atoms with Gasteiger partial charge in [-0.1, -0.05) is 51.1 Å². The average molecular weight is 435 g/mol. The van der Waals surface area contributed by atoms with E-state index < -0.39 is 16.9 Å². The van der Waals surface area contributed by atoms with Crippen molar-refractivity contribution in [1.82, 2.24) is 4.90 Å². The molecule has 2 aliphatic rings. The number of benzene rings is 2. The number of anilines is 1. The second-order valence-corrected chi connectivity index (χ2v) is 9.58. The Kier molecular flexibility index (Phi) is 5.57. The average Bonchev–Trinajstić information content (AvgIpc) is 2.97. The van der Waals surface area contributed by atoms with Crippen molar-refractivity contribution in [1.29, 1.82) is 0 Å². The highest BCUT2D eigenvalue weighted by atomic mass is 16.5. The molecule has 1 N–H and O–H groups in total. The van der Waals surface area contributed by atoms with Crippen LogP contribution >= 0.6 is 0 Å². The fraction of sp³-hybridized carbons (Fsp3) is 0.423. The lowest BCUT2D eigenvalue weighted by Gasteiger charge is -2.49. The molecule has 3 amide bonds. The molecule has 3 atom stereocenters. The zero-order valence-corrected chi connectivity index (χ0v) is 19.1. The van der Waals surface area contributed by atoms with Crippen LogP contribution in [0, 0.1) is 16.7 Å². The molecule has 6 heteroatoms. The summed E-state index contributed by atoms with van der Waals surface area (Å²) in [7, 11) is 1.58. The van der Waals surface area contributed by atoms with Crippen molar-refractivity contribution >= 4 is 23.4 Å². The number of imide groups is 1. The Hall–Kier alpha value is -3.15. The quantitative estimate of drug-likeness (QED) is 0.696. The Morgan fingerprint density at radius 3 is 2.38 bits per heavy atom. The summed E-state index contributed by atoms with van der Waals surface area (Å²) in [4.78, 5) is 42.0. The summed E-state index contributed by atoms with van der Waals surface area (Å²) < 4.78 is 5.17. The van der Waals surface area contributed by atoms with Crippen LogP contribution in [0.3, 0.4) is 0 Å². The number of nitrogens with zero attached hydrogens (tertiary/aromatic N) is 1. The van der Waals surface area contributed by atoms with Gasteiger partial charge in [-0.3, -0.25) is 19.3 Å². The maximum atomic E-state index is 13.7. The molecular weight excluding hydrogens is 404 g/mol. The number of hydrogen-bond donors (Lipinski definition) is 1. The minimum Gasteiger partial charge on any atom is -0.497 e. The SMILES string of the molecule is COc1ccc(NC(=O)C(Cc2ccccc2)N2C(=O)C3CCC(C)(C2=O)C3(C)C)cc1. The standard InChI is InChI=1S/C26H30N2O4/c1-25(2)20-14-15-26(25,3)24(31)28(23(20)30)21(16-17-8-6-5-7-9-17)22(29)27-18-10-12-19(32-4)13-11-18/h5-13,20-21H,14-16H2,1-4H3,(H,27,29). The largest absolute Gasteiger partial charge is 0.497 e. The normalized spacial score (nSPS) is 24.9. The first-order valence-electron chi connectivity index (χ1n) is 11.1. The lowest BCUT2D eigenvalue weighted by molar-refractivity contribution is -0.172. The van der Waals surface area contributed by atoms with Gasteiger partial charge in [0.05, 0.1) is 12.5 Å². The number of piperidine rings is 1. The second kappa shape index (κ2) is 8.08. The maximum Gasteiger partial charge on any atom is 0.248 e. The van der Waals surface area contributed by atoms with E-state index >= 15 is 0 Å². The molecule has 0 radical (unpaired) electrons. The van der Waals surface area contributed by atoms with E-state index in [1.807, 2.05) is 51.1 Å². The van der Waals surface area contributed by atoms with Crippen LogP contribution in [0.2, 0.25) is 0 Å². The second-order valence-electron chi connectivity index (χ2n) is 9.58. The highest BCUT2D eigenvalue weighted by Crippen LogP contribution is 2.60. The third-order valence-corrected chi connectivity index (χ3v) is 7.70. The van der Waals surface area contributed by atoms with Crippen molar-refractivity contribution < 1.29 is 19.1 Å². The summed E-state index contributed by atoms with van der Waals surface area (Å²) in [6, 6.07) is 15.6. The number of rotatable bonds is 6. The highest BCUT2D eigenvalue weighted by Gasteiger charge is 2.65. The van der Waals surface area contributed by atoms with E-state index in [0.29, 0.717) is 24.3 Å². The first-order chi connectivity index (χ1) is 15.2. The van der Waals surface area contributed by atoms with Gasteiger partial charge in [0.25, 0.3) is 0 Å². The van der Waals surface area contributed by atoms with Crippen molar-refractivity contribution in [3.05, 3.63) is 60.2 Å². The molecule has 2 aromatic rings. The Labute approximate surface area is 188 Å². The summed E-state index contributed by atoms with van der Waals surface area (Å²) in [5, 5.41) is 2.89. The summed E-state index contributed by atoms with van der Waals surface area (Å²) >= 11 is 0. The molecule has 4 rings (SSSR count). The third-order valence-electron chi connectivity index (χ3n) is 7.70. The van der Waals surface area contributed by atoms with Gasteiger partial charge >= 0.3 is 0 Å². The summed E-state index contributed by atoms with van der Waals surface area (Å²) in [6.45, 7) is 5.94. The lowest BCUT2D eigenvalue weighted by atomic mass is 9.62. The predicted octanol–water partition coefficient (Wildman–Crippen LogP) is 4.06. The number of carbonyl (C=O) groups is 3. The highest BCUT2D eigenvalue weighted by molar-refractivity contribution is 6.09. The molecule has 0 spiro atoms. The number of methoxy groups -OCH3 is 1. The maximum absolute atomic E-state index is 13.7. The van der Waals surface area contributed by atoms with Gasteiger partial charge in [-0.25, -0.2) is 0 Å². The van der Waals surface area contributed by atoms with Crippen LogP contribution < -0.4 is 10.1 Å². The molecule has 0 aromatic heterocycles. The number of carbonyl (C=O) groups excluding carboxylic acids is 3. The number of fused-ring (bicyclic) bond motifs is 2. The number of hydrogen-bond acceptors (Lipinski definition) is 4. The van der Waals surface area contributed by atoms with E-state index in [0.717, 1.165) is 5.56 Å². The number of nitrogens with one attached hydrogen (secondary N) is 1. The smallest absolute Gasteiger partial charge is 0.248 e. The van der Waals surface area contributed by atoms with Crippen LogP contribution in [0.5, 0.6) is 5.75 Å². The lowest BCUT2D eigenvalue weighted by Crippen LogP contribution is -2.64. The van der Waals surface area contributed by atoms with Gasteiger partial charge in [-0.05, 0) is 48.1 Å². The minimum atomic E-state index is -0.921. The van der Waals surface area contributed by atoms with Crippen molar-refractivity contribution in [3.8, 4) is 5.75 Å². The zero-order chi connectivity index (χ0) is 23.1. The van der Waals surface area contributed by atoms with Crippen molar-refractivity contribution in [3.63, 3.8) is 0 Å². The van der Waals surface area contributed by atoms with Crippen LogP contribution in [-0.4, -0.2) is 35.8 Å². The number of likely N-dealkylation sites (tertiary alicyclic amines) is 1. The molecule has 32 heavy (non-hydrogen) atoms. The predicted molar refractivity (Wildman–Crippen MR) is 122 cm³/mol. The molecule has 2 fully saturated rings. The van der Waals surface area contributed by atoms with E-state index in [1.165, 1.54) is 4.90 Å². The Bertz CT molecular complexity index is 1030. The monoisotopic (exact) mass is 434 g/mol. The van der Waals surface area contributed by atoms with Crippen molar-refractivity contribution in [2.45, 2.75) is 46.1 Å². The molecule has 6 nitrogen and oxygen atoms in total. The van der Waals surface area contributed by atoms with E-state index in [-0.39, 0.29) is 30.1 Å². The Balaban J connectivity index is 1.68. The molecule has 2 bridgehead atoms. The Morgan fingerprint density at radius 1 is 1.09 bits per heavy atom. The fourth-order valence-corrected chi connectivity index (χ4v) is 5.18. The molecule has 1 aliphatic heterocycles. The van der Waals surface area contributed by atoms with Gasteiger partial charge < -0.3 is 10.1 Å². The molecule has 2 aromatic carbocycles. The third kappa shape index (κ3) is 3.48. The van der Waals surface area contributed by atoms with Gasteiger partial charge in [0.15, 0.2) is 0 Å². The summed E-state index contributed by atoms with van der Waals surface area (Å²) in [5.74, 6) is -0.439. The number of ether oxygens (including phenoxy) is 1. The van der Waals surface area contributed by atoms with Crippen LogP contribution in [0.4, 0.5) is 5.69 Å². The van der Waals surface area contributed by atoms with Crippen molar-refractivity contribution in [2.75, 3.05) is 12.4 Å². The van der Waals surface area contributed by atoms with Crippen LogP contribution in [-0.2, 0) is 20.8 Å². The molecule has 1 heterocycles. The van der Waals surface area contributed by atoms with Gasteiger partial charge in [0.1, 0.15) is 11.8 Å². The van der Waals surface area contributed by atoms with Crippen LogP contribution in [0.1, 0.15) is 39.2 Å². The van der Waals surface area contributed by atoms with Gasteiger partial charge in [-0.15, -0.1) is 0 Å². The summed E-state index contributed by atoms with van der Waals surface area (Å²) in [6.07, 6.45) is 1.59. The van der Waals surface area contributed by atoms with Crippen LogP contribution in [0.15, 0.2) is 54.6 Å². The molecule has 3 unspecified atom stereocenters. The van der Waals surface area contributed by atoms with Gasteiger partial charge in [0, 0.05) is 18.0 Å². The van der Waals surface area contributed by atoms with Gasteiger partial charge in [-0.2, -0.15) is 0 Å². The summed E-state index contributed by atoms with van der Waals surface area (Å²) in [5.41, 5.74) is 0.382. The molecule has 168 valence electrons. The van der Waals surface area contributed by atoms with Gasteiger partial charge in [0.2, 0.25) is 17.7 Å². The van der Waals surface area contributed by atoms with E-state index in [9.17, 15) is 14.4 Å². The van der Waals surface area contributed by atoms with Crippen molar-refractivity contribution in [2.24, 2.45) is 16.7 Å². The minimum absolute atomic E-state index is 0.235. The molecule has 1 saturated heterocycles.